The number of hydrogen-bond donors (Lipinski definition) is 0. The van der Waals surface area contributed by atoms with Crippen molar-refractivity contribution in [2.45, 2.75) is 19.3 Å². The Labute approximate surface area is 361 Å². The molecule has 0 saturated heterocycles. The first-order valence-electron chi connectivity index (χ1n) is 21.4. The second kappa shape index (κ2) is 14.1. The molecule has 294 valence electrons. The van der Waals surface area contributed by atoms with Crippen LogP contribution in [-0.2, 0) is 5.41 Å². The lowest BCUT2D eigenvalue weighted by Gasteiger charge is -2.28. The molecule has 0 bridgehead atoms. The zero-order valence-corrected chi connectivity index (χ0v) is 34.6. The van der Waals surface area contributed by atoms with Crippen molar-refractivity contribution in [2.24, 2.45) is 0 Å². The van der Waals surface area contributed by atoms with E-state index in [0.29, 0.717) is 0 Å². The summed E-state index contributed by atoms with van der Waals surface area (Å²) < 4.78 is 4.70. The van der Waals surface area contributed by atoms with Crippen LogP contribution in [0.1, 0.15) is 25.0 Å². The number of nitrogens with zero attached hydrogens (tertiary/aromatic N) is 4. The summed E-state index contributed by atoms with van der Waals surface area (Å²) >= 11 is 0. The predicted molar refractivity (Wildman–Crippen MR) is 259 cm³/mol. The van der Waals surface area contributed by atoms with Gasteiger partial charge in [-0.2, -0.15) is 0 Å². The molecule has 0 radical (unpaired) electrons. The molecule has 11 aromatic rings. The predicted octanol–water partition coefficient (Wildman–Crippen LogP) is 15.2. The van der Waals surface area contributed by atoms with E-state index in [4.69, 9.17) is 0 Å². The van der Waals surface area contributed by atoms with Crippen LogP contribution in [0.25, 0.3) is 77.5 Å². The van der Waals surface area contributed by atoms with Crippen LogP contribution in [-0.4, -0.2) is 14.1 Å². The molecule has 0 saturated carbocycles. The maximum Gasteiger partial charge on any atom is 0.0548 e. The van der Waals surface area contributed by atoms with Gasteiger partial charge in [-0.05, 0) is 148 Å². The molecule has 0 atom stereocenters. The Hall–Kier alpha value is -7.95. The third-order valence-corrected chi connectivity index (χ3v) is 13.1. The molecule has 3 aromatic heterocycles. The number of hydrogen-bond acceptors (Lipinski definition) is 2. The maximum atomic E-state index is 4.23. The summed E-state index contributed by atoms with van der Waals surface area (Å²) in [5.41, 5.74) is 19.2. The number of anilines is 3. The summed E-state index contributed by atoms with van der Waals surface area (Å²) in [6, 6.07) is 73.1. The first kappa shape index (κ1) is 35.9. The van der Waals surface area contributed by atoms with Crippen molar-refractivity contribution in [2.75, 3.05) is 4.90 Å². The van der Waals surface area contributed by atoms with E-state index in [9.17, 15) is 0 Å². The van der Waals surface area contributed by atoms with Crippen molar-refractivity contribution in [3.8, 4) is 44.8 Å². The summed E-state index contributed by atoms with van der Waals surface area (Å²) in [6.07, 6.45) is 5.90. The highest BCUT2D eigenvalue weighted by molar-refractivity contribution is 6.21. The fraction of sp³-hybridized carbons (Fsp3) is 0.0517. The lowest BCUT2D eigenvalue weighted by atomic mass is 9.82. The van der Waals surface area contributed by atoms with Crippen LogP contribution in [0.2, 0.25) is 0 Å². The van der Waals surface area contributed by atoms with Crippen molar-refractivity contribution >= 4 is 49.8 Å². The van der Waals surface area contributed by atoms with Crippen LogP contribution in [0.3, 0.4) is 0 Å². The van der Waals surface area contributed by atoms with Gasteiger partial charge in [0.25, 0.3) is 0 Å². The normalized spacial score (nSPS) is 12.8. The molecule has 0 N–H and O–H groups in total. The number of aromatic nitrogens is 3. The van der Waals surface area contributed by atoms with Crippen LogP contribution >= 0.6 is 0 Å². The Bertz CT molecular complexity index is 3450. The second-order valence-electron chi connectivity index (χ2n) is 16.9. The highest BCUT2D eigenvalue weighted by atomic mass is 15.1. The van der Waals surface area contributed by atoms with Gasteiger partial charge in [0.05, 0.1) is 16.6 Å². The van der Waals surface area contributed by atoms with Crippen molar-refractivity contribution < 1.29 is 0 Å². The summed E-state index contributed by atoms with van der Waals surface area (Å²) in [4.78, 5) is 6.63. The zero-order valence-electron chi connectivity index (χ0n) is 34.6. The lowest BCUT2D eigenvalue weighted by Crippen LogP contribution is -2.16. The van der Waals surface area contributed by atoms with E-state index in [1.54, 1.807) is 0 Å². The largest absolute Gasteiger partial charge is 0.317 e. The van der Waals surface area contributed by atoms with E-state index in [0.717, 1.165) is 39.6 Å². The number of fused-ring (bicyclic) bond motifs is 8. The smallest absolute Gasteiger partial charge is 0.0548 e. The number of pyridine rings is 1. The topological polar surface area (TPSA) is 26.0 Å². The third-order valence-electron chi connectivity index (χ3n) is 13.1. The van der Waals surface area contributed by atoms with Crippen LogP contribution in [0.15, 0.2) is 219 Å². The van der Waals surface area contributed by atoms with E-state index >= 15 is 0 Å². The molecule has 4 nitrogen and oxygen atoms in total. The molecule has 12 rings (SSSR count). The summed E-state index contributed by atoms with van der Waals surface area (Å²) in [7, 11) is 0. The van der Waals surface area contributed by atoms with Crippen LogP contribution in [0.4, 0.5) is 17.1 Å². The average Bonchev–Trinajstić information content (AvgIpc) is 3.98. The lowest BCUT2D eigenvalue weighted by molar-refractivity contribution is 0.660. The van der Waals surface area contributed by atoms with Gasteiger partial charge in [-0.1, -0.05) is 111 Å². The van der Waals surface area contributed by atoms with Gasteiger partial charge >= 0.3 is 0 Å². The van der Waals surface area contributed by atoms with Gasteiger partial charge in [-0.15, -0.1) is 0 Å². The van der Waals surface area contributed by atoms with Gasteiger partial charge in [0, 0.05) is 68.6 Å². The van der Waals surface area contributed by atoms with Gasteiger partial charge in [0.1, 0.15) is 0 Å². The first-order valence-corrected chi connectivity index (χ1v) is 21.4. The van der Waals surface area contributed by atoms with Gasteiger partial charge < -0.3 is 14.0 Å². The minimum absolute atomic E-state index is 0.110. The van der Waals surface area contributed by atoms with Crippen LogP contribution in [0.5, 0.6) is 0 Å². The molecule has 0 amide bonds. The van der Waals surface area contributed by atoms with E-state index in [1.165, 1.54) is 66.1 Å². The Morgan fingerprint density at radius 1 is 0.419 bits per heavy atom. The molecule has 62 heavy (non-hydrogen) atoms. The second-order valence-corrected chi connectivity index (χ2v) is 16.9. The van der Waals surface area contributed by atoms with Gasteiger partial charge in [0.15, 0.2) is 0 Å². The highest BCUT2D eigenvalue weighted by Crippen LogP contribution is 2.51. The minimum Gasteiger partial charge on any atom is -0.317 e. The number of para-hydroxylation sites is 2. The Morgan fingerprint density at radius 3 is 1.71 bits per heavy atom. The fourth-order valence-electron chi connectivity index (χ4n) is 10.0. The molecule has 0 fully saturated rings. The molecular formula is C58H42N4. The van der Waals surface area contributed by atoms with Gasteiger partial charge in [-0.3, -0.25) is 4.98 Å². The highest BCUT2D eigenvalue weighted by Gasteiger charge is 2.35. The first-order chi connectivity index (χ1) is 30.5. The SMILES string of the molecule is CC1(C)c2ccccc2-c2ccc(N(c3ccc(-c4ccncc4)cc3)c3ccc(-c4ccc5c(c4)c4c6ccn(-c7ccccc7)c6ccc4n5-c4ccccc4)cc3)cc21. The summed E-state index contributed by atoms with van der Waals surface area (Å²) in [5, 5.41) is 3.74. The quantitative estimate of drug-likeness (QED) is 0.161. The monoisotopic (exact) mass is 794 g/mol. The molecule has 0 unspecified atom stereocenters. The van der Waals surface area contributed by atoms with Gasteiger partial charge in [-0.25, -0.2) is 0 Å². The molecule has 1 aliphatic rings. The number of rotatable bonds is 7. The molecule has 0 aliphatic heterocycles. The van der Waals surface area contributed by atoms with E-state index in [-0.39, 0.29) is 5.41 Å². The standard InChI is InChI=1S/C58H42N4/c1-58(2)52-16-10-9-15-48(52)49-27-26-47(38-53(49)58)61(45-22-17-39(18-23-45)41-31-34-59-35-32-41)46-24-19-40(20-25-46)42-21-28-55-51(37-42)57-50-33-36-60(43-11-5-3-6-12-43)54(50)29-30-56(57)62(55)44-13-7-4-8-14-44/h3-38H,1-2H3. The van der Waals surface area contributed by atoms with Crippen LogP contribution < -0.4 is 4.90 Å². The van der Waals surface area contributed by atoms with Crippen molar-refractivity contribution in [1.82, 2.24) is 14.1 Å². The Kier molecular flexibility index (Phi) is 8.16. The minimum atomic E-state index is -0.110. The zero-order chi connectivity index (χ0) is 41.4. The molecule has 0 spiro atoms. The molecule has 8 aromatic carbocycles. The van der Waals surface area contributed by atoms with Crippen molar-refractivity contribution in [3.05, 3.63) is 230 Å². The van der Waals surface area contributed by atoms with Crippen molar-refractivity contribution in [3.63, 3.8) is 0 Å². The molecule has 3 heterocycles. The fourth-order valence-corrected chi connectivity index (χ4v) is 10.0. The average molecular weight is 795 g/mol. The third kappa shape index (κ3) is 5.64. The summed E-state index contributed by atoms with van der Waals surface area (Å²) in [5.74, 6) is 0. The number of benzene rings is 8. The van der Waals surface area contributed by atoms with Crippen molar-refractivity contribution in [1.29, 1.82) is 0 Å². The molecular weight excluding hydrogens is 753 g/mol. The van der Waals surface area contributed by atoms with E-state index in [2.05, 4.69) is 239 Å². The maximum absolute atomic E-state index is 4.23. The van der Waals surface area contributed by atoms with Gasteiger partial charge in [0.2, 0.25) is 0 Å². The summed E-state index contributed by atoms with van der Waals surface area (Å²) in [6.45, 7) is 4.70. The van der Waals surface area contributed by atoms with Crippen LogP contribution in [0, 0.1) is 0 Å². The van der Waals surface area contributed by atoms with E-state index < -0.39 is 0 Å². The van der Waals surface area contributed by atoms with E-state index in [1.807, 2.05) is 12.4 Å². The molecule has 4 heteroatoms. The molecule has 1 aliphatic carbocycles. The Balaban J connectivity index is 0.985. The Morgan fingerprint density at radius 2 is 0.984 bits per heavy atom.